The van der Waals surface area contributed by atoms with Gasteiger partial charge in [0.15, 0.2) is 0 Å². The minimum absolute atomic E-state index is 0.00585. The van der Waals surface area contributed by atoms with Gasteiger partial charge in [0, 0.05) is 6.04 Å². The summed E-state index contributed by atoms with van der Waals surface area (Å²) in [7, 11) is -2.23. The molecule has 1 aliphatic carbocycles. The lowest BCUT2D eigenvalue weighted by Crippen LogP contribution is -2.32. The van der Waals surface area contributed by atoms with Gasteiger partial charge in [-0.25, -0.2) is 8.42 Å². The summed E-state index contributed by atoms with van der Waals surface area (Å²) < 4.78 is 39.4. The summed E-state index contributed by atoms with van der Waals surface area (Å²) in [4.78, 5) is 0.169. The van der Waals surface area contributed by atoms with Gasteiger partial charge in [-0.15, -0.1) is 10.2 Å². The van der Waals surface area contributed by atoms with E-state index in [9.17, 15) is 8.42 Å². The molecule has 0 radical (unpaired) electrons. The molecule has 1 heterocycles. The van der Waals surface area contributed by atoms with Crippen LogP contribution in [0.3, 0.4) is 0 Å². The number of aromatic nitrogens is 2. The number of hydrogen-bond donors (Lipinski definition) is 0. The Morgan fingerprint density at radius 3 is 2.66 bits per heavy atom. The highest BCUT2D eigenvalue weighted by atomic mass is 79.9. The van der Waals surface area contributed by atoms with Crippen molar-refractivity contribution in [1.29, 1.82) is 0 Å². The molecule has 0 spiro atoms. The van der Waals surface area contributed by atoms with Crippen molar-refractivity contribution in [3.8, 4) is 17.2 Å². The molecule has 0 bridgehead atoms. The van der Waals surface area contributed by atoms with Gasteiger partial charge >= 0.3 is 0 Å². The summed E-state index contributed by atoms with van der Waals surface area (Å²) in [5, 5.41) is 8.53. The number of halogens is 2. The highest BCUT2D eigenvalue weighted by molar-refractivity contribution is 9.10. The molecule has 1 saturated carbocycles. The molecule has 0 unspecified atom stereocenters. The molecule has 0 saturated heterocycles. The summed E-state index contributed by atoms with van der Waals surface area (Å²) in [6.07, 6.45) is 1.59. The van der Waals surface area contributed by atoms with Gasteiger partial charge in [0.25, 0.3) is 0 Å². The van der Waals surface area contributed by atoms with Crippen LogP contribution in [0, 0.1) is 0 Å². The predicted octanol–water partition coefficient (Wildman–Crippen LogP) is 4.51. The summed E-state index contributed by atoms with van der Waals surface area (Å²) >= 11 is 9.52. The number of sulfonamides is 1. The molecule has 4 rings (SSSR count). The van der Waals surface area contributed by atoms with Crippen molar-refractivity contribution in [1.82, 2.24) is 14.5 Å². The standard InChI is InChI=1S/C19H17BrClN3O4S/c1-27-17-9-8-13(10-15(17)20)29(25,26)24(12-6-7-12)11-18-22-23-19(28-18)14-4-2-3-5-16(14)21/h2-5,8-10,12H,6-7,11H2,1H3. The first-order valence-electron chi connectivity index (χ1n) is 8.83. The minimum Gasteiger partial charge on any atom is -0.496 e. The van der Waals surface area contributed by atoms with Gasteiger partial charge in [-0.3, -0.25) is 0 Å². The molecule has 10 heteroatoms. The normalized spacial score (nSPS) is 14.3. The maximum Gasteiger partial charge on any atom is 0.249 e. The zero-order chi connectivity index (χ0) is 20.6. The number of methoxy groups -OCH3 is 1. The van der Waals surface area contributed by atoms with Crippen molar-refractivity contribution in [3.63, 3.8) is 0 Å². The average molecular weight is 499 g/mol. The first-order chi connectivity index (χ1) is 13.9. The van der Waals surface area contributed by atoms with Crippen LogP contribution >= 0.6 is 27.5 Å². The van der Waals surface area contributed by atoms with E-state index in [0.29, 0.717) is 20.8 Å². The number of hydrogen-bond acceptors (Lipinski definition) is 6. The van der Waals surface area contributed by atoms with Crippen LogP contribution in [0.1, 0.15) is 18.7 Å². The predicted molar refractivity (Wildman–Crippen MR) is 111 cm³/mol. The number of benzene rings is 2. The Kier molecular flexibility index (Phi) is 5.65. The van der Waals surface area contributed by atoms with E-state index in [1.807, 2.05) is 6.07 Å². The first-order valence-corrected chi connectivity index (χ1v) is 11.4. The maximum atomic E-state index is 13.3. The van der Waals surface area contributed by atoms with Crippen LogP contribution in [0.15, 0.2) is 56.2 Å². The molecular formula is C19H17BrClN3O4S. The quantitative estimate of drug-likeness (QED) is 0.476. The lowest BCUT2D eigenvalue weighted by Gasteiger charge is -2.20. The molecule has 1 fully saturated rings. The Balaban J connectivity index is 1.62. The van der Waals surface area contributed by atoms with E-state index in [4.69, 9.17) is 20.8 Å². The van der Waals surface area contributed by atoms with Gasteiger partial charge in [-0.1, -0.05) is 23.7 Å². The Bertz CT molecular complexity index is 1150. The molecule has 0 aliphatic heterocycles. The summed E-state index contributed by atoms with van der Waals surface area (Å²) in [6.45, 7) is -0.00585. The highest BCUT2D eigenvalue weighted by Crippen LogP contribution is 2.36. The lowest BCUT2D eigenvalue weighted by atomic mass is 10.2. The molecular weight excluding hydrogens is 482 g/mol. The third-order valence-electron chi connectivity index (χ3n) is 4.55. The second-order valence-corrected chi connectivity index (χ2v) is 9.71. The second kappa shape index (κ2) is 8.06. The largest absolute Gasteiger partial charge is 0.496 e. The SMILES string of the molecule is COc1ccc(S(=O)(=O)N(Cc2nnc(-c3ccccc3Cl)o2)C2CC2)cc1Br. The molecule has 0 N–H and O–H groups in total. The van der Waals surface area contributed by atoms with Crippen molar-refractivity contribution in [2.75, 3.05) is 7.11 Å². The number of ether oxygens (including phenoxy) is 1. The molecule has 7 nitrogen and oxygen atoms in total. The first kappa shape index (κ1) is 20.3. The Hall–Kier alpha value is -1.94. The van der Waals surface area contributed by atoms with Gasteiger partial charge in [0.1, 0.15) is 5.75 Å². The fourth-order valence-corrected chi connectivity index (χ4v) is 5.48. The van der Waals surface area contributed by atoms with Crippen LogP contribution in [0.4, 0.5) is 0 Å². The van der Waals surface area contributed by atoms with E-state index < -0.39 is 10.0 Å². The molecule has 152 valence electrons. The van der Waals surface area contributed by atoms with Crippen molar-refractivity contribution in [2.24, 2.45) is 0 Å². The minimum atomic E-state index is -3.75. The number of nitrogens with zero attached hydrogens (tertiary/aromatic N) is 3. The Morgan fingerprint density at radius 1 is 1.24 bits per heavy atom. The van der Waals surface area contributed by atoms with Gasteiger partial charge in [-0.05, 0) is 59.1 Å². The third kappa shape index (κ3) is 4.18. The zero-order valence-corrected chi connectivity index (χ0v) is 18.5. The van der Waals surface area contributed by atoms with E-state index in [2.05, 4.69) is 26.1 Å². The maximum absolute atomic E-state index is 13.3. The summed E-state index contributed by atoms with van der Waals surface area (Å²) in [5.41, 5.74) is 0.604. The fraction of sp³-hybridized carbons (Fsp3) is 0.263. The van der Waals surface area contributed by atoms with Crippen molar-refractivity contribution in [2.45, 2.75) is 30.3 Å². The Morgan fingerprint density at radius 2 is 2.00 bits per heavy atom. The molecule has 0 atom stereocenters. The molecule has 2 aromatic carbocycles. The van der Waals surface area contributed by atoms with Crippen LogP contribution < -0.4 is 4.74 Å². The van der Waals surface area contributed by atoms with Crippen LogP contribution in [0.5, 0.6) is 5.75 Å². The fourth-order valence-electron chi connectivity index (χ4n) is 2.91. The Labute approximate surface area is 181 Å². The van der Waals surface area contributed by atoms with Gasteiger partial charge in [0.05, 0.1) is 33.6 Å². The van der Waals surface area contributed by atoms with Crippen LogP contribution in [-0.2, 0) is 16.6 Å². The van der Waals surface area contributed by atoms with Crippen LogP contribution in [0.25, 0.3) is 11.5 Å². The monoisotopic (exact) mass is 497 g/mol. The highest BCUT2D eigenvalue weighted by Gasteiger charge is 2.39. The summed E-state index contributed by atoms with van der Waals surface area (Å²) in [5.74, 6) is 1.03. The molecule has 0 amide bonds. The molecule has 1 aromatic heterocycles. The van der Waals surface area contributed by atoms with Gasteiger partial charge in [0.2, 0.25) is 21.8 Å². The van der Waals surface area contributed by atoms with Gasteiger partial charge < -0.3 is 9.15 Å². The van der Waals surface area contributed by atoms with Crippen molar-refractivity contribution in [3.05, 3.63) is 57.9 Å². The molecule has 1 aliphatic rings. The average Bonchev–Trinajstić information content (AvgIpc) is 3.44. The van der Waals surface area contributed by atoms with Crippen LogP contribution in [0.2, 0.25) is 5.02 Å². The van der Waals surface area contributed by atoms with E-state index in [1.54, 1.807) is 24.3 Å². The van der Waals surface area contributed by atoms with Gasteiger partial charge in [-0.2, -0.15) is 4.31 Å². The topological polar surface area (TPSA) is 85.5 Å². The van der Waals surface area contributed by atoms with E-state index >= 15 is 0 Å². The second-order valence-electron chi connectivity index (χ2n) is 6.56. The van der Waals surface area contributed by atoms with Crippen molar-refractivity contribution >= 4 is 37.6 Å². The lowest BCUT2D eigenvalue weighted by molar-refractivity contribution is 0.351. The zero-order valence-electron chi connectivity index (χ0n) is 15.4. The van der Waals surface area contributed by atoms with E-state index in [-0.39, 0.29) is 29.3 Å². The van der Waals surface area contributed by atoms with Crippen molar-refractivity contribution < 1.29 is 17.6 Å². The molecule has 29 heavy (non-hydrogen) atoms. The summed E-state index contributed by atoms with van der Waals surface area (Å²) in [6, 6.07) is 11.7. The van der Waals surface area contributed by atoms with E-state index in [0.717, 1.165) is 12.8 Å². The smallest absolute Gasteiger partial charge is 0.249 e. The molecule has 3 aromatic rings. The number of rotatable bonds is 7. The van der Waals surface area contributed by atoms with Crippen LogP contribution in [-0.4, -0.2) is 36.1 Å². The van der Waals surface area contributed by atoms with E-state index in [1.165, 1.54) is 23.5 Å². The third-order valence-corrected chi connectivity index (χ3v) is 7.39.